The number of hydrogen-bond acceptors (Lipinski definition) is 5. The predicted octanol–water partition coefficient (Wildman–Crippen LogP) is 3.67. The first kappa shape index (κ1) is 16.8. The van der Waals surface area contributed by atoms with Crippen LogP contribution < -0.4 is 14.2 Å². The van der Waals surface area contributed by atoms with Crippen molar-refractivity contribution < 1.29 is 24.4 Å². The standard InChI is InChI=1S/C18H22O5/c1-5-13(14-7-6-12(19)10-15(14)20)11-8-16(21-2)18(23-4)17(9-11)22-3/h6-10,13,19-20H,5H2,1-4H3. The maximum absolute atomic E-state index is 10.2. The summed E-state index contributed by atoms with van der Waals surface area (Å²) in [5, 5.41) is 19.6. The van der Waals surface area contributed by atoms with E-state index < -0.39 is 0 Å². The van der Waals surface area contributed by atoms with Crippen molar-refractivity contribution >= 4 is 0 Å². The van der Waals surface area contributed by atoms with Crippen LogP contribution in [0.25, 0.3) is 0 Å². The zero-order valence-corrected chi connectivity index (χ0v) is 13.8. The summed E-state index contributed by atoms with van der Waals surface area (Å²) in [4.78, 5) is 0. The summed E-state index contributed by atoms with van der Waals surface area (Å²) >= 11 is 0. The molecule has 0 spiro atoms. The Kier molecular flexibility index (Phi) is 5.21. The minimum absolute atomic E-state index is 0.0333. The van der Waals surface area contributed by atoms with Crippen LogP contribution in [-0.4, -0.2) is 31.5 Å². The number of ether oxygens (including phenoxy) is 3. The minimum atomic E-state index is -0.0655. The molecule has 5 nitrogen and oxygen atoms in total. The average Bonchev–Trinajstić information content (AvgIpc) is 2.56. The van der Waals surface area contributed by atoms with Crippen molar-refractivity contribution in [3.05, 3.63) is 41.5 Å². The van der Waals surface area contributed by atoms with Gasteiger partial charge >= 0.3 is 0 Å². The molecule has 0 aromatic heterocycles. The molecule has 0 fully saturated rings. The summed E-state index contributed by atoms with van der Waals surface area (Å²) in [7, 11) is 4.70. The first-order valence-electron chi connectivity index (χ1n) is 7.37. The Morgan fingerprint density at radius 2 is 1.52 bits per heavy atom. The number of benzene rings is 2. The third-order valence-electron chi connectivity index (χ3n) is 3.89. The van der Waals surface area contributed by atoms with Crippen LogP contribution >= 0.6 is 0 Å². The highest BCUT2D eigenvalue weighted by Gasteiger charge is 2.21. The summed E-state index contributed by atoms with van der Waals surface area (Å²) in [5.74, 6) is 1.70. The van der Waals surface area contributed by atoms with Gasteiger partial charge in [0.15, 0.2) is 11.5 Å². The van der Waals surface area contributed by atoms with Gasteiger partial charge < -0.3 is 24.4 Å². The minimum Gasteiger partial charge on any atom is -0.508 e. The molecule has 2 aromatic rings. The third-order valence-corrected chi connectivity index (χ3v) is 3.89. The van der Waals surface area contributed by atoms with Crippen LogP contribution in [0.5, 0.6) is 28.7 Å². The summed E-state index contributed by atoms with van der Waals surface area (Å²) in [6.07, 6.45) is 0.761. The molecule has 0 aliphatic heterocycles. The number of aromatic hydroxyl groups is 2. The fraction of sp³-hybridized carbons (Fsp3) is 0.333. The van der Waals surface area contributed by atoms with Gasteiger partial charge in [-0.3, -0.25) is 0 Å². The molecule has 1 atom stereocenters. The van der Waals surface area contributed by atoms with Crippen LogP contribution in [0.15, 0.2) is 30.3 Å². The van der Waals surface area contributed by atoms with Gasteiger partial charge in [-0.25, -0.2) is 0 Å². The van der Waals surface area contributed by atoms with Gasteiger partial charge in [0.05, 0.1) is 21.3 Å². The Hall–Kier alpha value is -2.56. The molecule has 23 heavy (non-hydrogen) atoms. The van der Waals surface area contributed by atoms with Crippen LogP contribution in [0.1, 0.15) is 30.4 Å². The lowest BCUT2D eigenvalue weighted by Gasteiger charge is -2.20. The van der Waals surface area contributed by atoms with Gasteiger partial charge in [-0.05, 0) is 30.2 Å². The Morgan fingerprint density at radius 1 is 0.913 bits per heavy atom. The normalized spacial score (nSPS) is 11.8. The zero-order chi connectivity index (χ0) is 17.0. The van der Waals surface area contributed by atoms with Crippen LogP contribution in [0, 0.1) is 0 Å². The van der Waals surface area contributed by atoms with Crippen molar-refractivity contribution in [2.24, 2.45) is 0 Å². The van der Waals surface area contributed by atoms with Gasteiger partial charge in [-0.2, -0.15) is 0 Å². The number of hydrogen-bond donors (Lipinski definition) is 2. The smallest absolute Gasteiger partial charge is 0.203 e. The van der Waals surface area contributed by atoms with Crippen molar-refractivity contribution in [2.75, 3.05) is 21.3 Å². The quantitative estimate of drug-likeness (QED) is 0.850. The molecule has 0 amide bonds. The fourth-order valence-corrected chi connectivity index (χ4v) is 2.76. The van der Waals surface area contributed by atoms with E-state index in [4.69, 9.17) is 14.2 Å². The molecule has 5 heteroatoms. The second kappa shape index (κ2) is 7.13. The van der Waals surface area contributed by atoms with Gasteiger partial charge in [0.2, 0.25) is 5.75 Å². The van der Waals surface area contributed by atoms with Gasteiger partial charge in [-0.1, -0.05) is 13.0 Å². The molecule has 0 heterocycles. The van der Waals surface area contributed by atoms with Gasteiger partial charge in [0.1, 0.15) is 11.5 Å². The van der Waals surface area contributed by atoms with Crippen LogP contribution in [0.2, 0.25) is 0 Å². The Morgan fingerprint density at radius 3 is 1.96 bits per heavy atom. The number of rotatable bonds is 6. The van der Waals surface area contributed by atoms with Gasteiger partial charge in [0, 0.05) is 17.5 Å². The SMILES string of the molecule is CCC(c1cc(OC)c(OC)c(OC)c1)c1ccc(O)cc1O. The molecule has 124 valence electrons. The summed E-state index contributed by atoms with van der Waals surface area (Å²) in [6, 6.07) is 8.39. The van der Waals surface area contributed by atoms with Crippen LogP contribution in [0.3, 0.4) is 0 Å². The molecule has 1 unspecified atom stereocenters. The van der Waals surface area contributed by atoms with Crippen molar-refractivity contribution in [3.63, 3.8) is 0 Å². The second-order valence-electron chi connectivity index (χ2n) is 5.16. The molecule has 0 radical (unpaired) electrons. The molecule has 2 rings (SSSR count). The topological polar surface area (TPSA) is 68.2 Å². The molecular weight excluding hydrogens is 296 g/mol. The molecule has 0 aliphatic carbocycles. The highest BCUT2D eigenvalue weighted by atomic mass is 16.5. The Bertz CT molecular complexity index is 656. The maximum atomic E-state index is 10.2. The van der Waals surface area contributed by atoms with Crippen molar-refractivity contribution in [1.29, 1.82) is 0 Å². The maximum Gasteiger partial charge on any atom is 0.203 e. The highest BCUT2D eigenvalue weighted by Crippen LogP contribution is 2.43. The highest BCUT2D eigenvalue weighted by molar-refractivity contribution is 5.56. The molecule has 0 saturated heterocycles. The Labute approximate surface area is 136 Å². The lowest BCUT2D eigenvalue weighted by molar-refractivity contribution is 0.323. The van der Waals surface area contributed by atoms with E-state index in [1.165, 1.54) is 6.07 Å². The second-order valence-corrected chi connectivity index (χ2v) is 5.16. The van der Waals surface area contributed by atoms with Gasteiger partial charge in [-0.15, -0.1) is 0 Å². The lowest BCUT2D eigenvalue weighted by atomic mass is 9.88. The fourth-order valence-electron chi connectivity index (χ4n) is 2.76. The van der Waals surface area contributed by atoms with Crippen LogP contribution in [-0.2, 0) is 0 Å². The first-order chi connectivity index (χ1) is 11.0. The molecular formula is C18H22O5. The van der Waals surface area contributed by atoms with E-state index in [1.807, 2.05) is 19.1 Å². The van der Waals surface area contributed by atoms with E-state index in [2.05, 4.69) is 0 Å². The summed E-state index contributed by atoms with van der Waals surface area (Å²) in [6.45, 7) is 2.03. The molecule has 0 bridgehead atoms. The molecule has 2 N–H and O–H groups in total. The number of phenolic OH excluding ortho intramolecular Hbond substituents is 2. The number of phenols is 2. The number of methoxy groups -OCH3 is 3. The monoisotopic (exact) mass is 318 g/mol. The van der Waals surface area contributed by atoms with E-state index in [1.54, 1.807) is 33.5 Å². The third kappa shape index (κ3) is 3.28. The van der Waals surface area contributed by atoms with Crippen LogP contribution in [0.4, 0.5) is 0 Å². The van der Waals surface area contributed by atoms with E-state index in [-0.39, 0.29) is 17.4 Å². The summed E-state index contributed by atoms with van der Waals surface area (Å²) < 4.78 is 16.1. The summed E-state index contributed by atoms with van der Waals surface area (Å²) in [5.41, 5.74) is 1.67. The molecule has 0 aliphatic rings. The average molecular weight is 318 g/mol. The zero-order valence-electron chi connectivity index (χ0n) is 13.8. The van der Waals surface area contributed by atoms with E-state index in [0.717, 1.165) is 17.5 Å². The van der Waals surface area contributed by atoms with E-state index in [9.17, 15) is 10.2 Å². The van der Waals surface area contributed by atoms with Crippen molar-refractivity contribution in [3.8, 4) is 28.7 Å². The van der Waals surface area contributed by atoms with Gasteiger partial charge in [0.25, 0.3) is 0 Å². The Balaban J connectivity index is 2.57. The van der Waals surface area contributed by atoms with E-state index >= 15 is 0 Å². The largest absolute Gasteiger partial charge is 0.508 e. The first-order valence-corrected chi connectivity index (χ1v) is 7.37. The lowest BCUT2D eigenvalue weighted by Crippen LogP contribution is -2.03. The van der Waals surface area contributed by atoms with Crippen molar-refractivity contribution in [2.45, 2.75) is 19.3 Å². The molecule has 2 aromatic carbocycles. The van der Waals surface area contributed by atoms with Crippen molar-refractivity contribution in [1.82, 2.24) is 0 Å². The molecule has 0 saturated carbocycles. The predicted molar refractivity (Wildman–Crippen MR) is 88.0 cm³/mol. The van der Waals surface area contributed by atoms with E-state index in [0.29, 0.717) is 17.2 Å².